The molecule has 1 saturated heterocycles. The first-order chi connectivity index (χ1) is 6.20. The second kappa shape index (κ2) is 4.94. The zero-order valence-electron chi connectivity index (χ0n) is 9.09. The van der Waals surface area contributed by atoms with Crippen LogP contribution in [-0.4, -0.2) is 30.2 Å². The number of hydrogen-bond acceptors (Lipinski definition) is 1. The predicted octanol–water partition coefficient (Wildman–Crippen LogP) is 2.85. The van der Waals surface area contributed by atoms with E-state index in [1.54, 1.807) is 0 Å². The highest BCUT2D eigenvalue weighted by molar-refractivity contribution is 4.88. The van der Waals surface area contributed by atoms with Gasteiger partial charge in [-0.2, -0.15) is 0 Å². The SMILES string of the molecule is CCC1CCC(C(C)C)N1CCF. The van der Waals surface area contributed by atoms with Gasteiger partial charge in [-0.15, -0.1) is 0 Å². The molecule has 13 heavy (non-hydrogen) atoms. The molecule has 0 saturated carbocycles. The normalized spacial score (nSPS) is 30.2. The van der Waals surface area contributed by atoms with E-state index in [0.717, 1.165) is 0 Å². The molecule has 78 valence electrons. The Morgan fingerprint density at radius 3 is 2.54 bits per heavy atom. The van der Waals surface area contributed by atoms with E-state index in [-0.39, 0.29) is 6.67 Å². The van der Waals surface area contributed by atoms with E-state index < -0.39 is 0 Å². The van der Waals surface area contributed by atoms with Gasteiger partial charge < -0.3 is 0 Å². The number of alkyl halides is 1. The molecule has 2 heteroatoms. The third-order valence-corrected chi connectivity index (χ3v) is 3.27. The average Bonchev–Trinajstić information content (AvgIpc) is 2.48. The van der Waals surface area contributed by atoms with Crippen molar-refractivity contribution >= 4 is 0 Å². The fourth-order valence-electron chi connectivity index (χ4n) is 2.57. The number of nitrogens with zero attached hydrogens (tertiary/aromatic N) is 1. The number of hydrogen-bond donors (Lipinski definition) is 0. The molecule has 0 aromatic rings. The van der Waals surface area contributed by atoms with E-state index in [1.165, 1.54) is 19.3 Å². The van der Waals surface area contributed by atoms with Crippen molar-refractivity contribution in [3.8, 4) is 0 Å². The molecule has 2 unspecified atom stereocenters. The fourth-order valence-corrected chi connectivity index (χ4v) is 2.57. The highest BCUT2D eigenvalue weighted by Crippen LogP contribution is 2.30. The van der Waals surface area contributed by atoms with Gasteiger partial charge in [-0.05, 0) is 25.2 Å². The second-order valence-electron chi connectivity index (χ2n) is 4.38. The van der Waals surface area contributed by atoms with Crippen LogP contribution in [0.1, 0.15) is 40.0 Å². The van der Waals surface area contributed by atoms with E-state index in [0.29, 0.717) is 24.5 Å². The first-order valence-corrected chi connectivity index (χ1v) is 5.52. The van der Waals surface area contributed by atoms with Gasteiger partial charge in [-0.3, -0.25) is 4.90 Å². The molecule has 0 spiro atoms. The molecule has 1 fully saturated rings. The van der Waals surface area contributed by atoms with Crippen LogP contribution >= 0.6 is 0 Å². The topological polar surface area (TPSA) is 3.24 Å². The lowest BCUT2D eigenvalue weighted by Crippen LogP contribution is -2.40. The summed E-state index contributed by atoms with van der Waals surface area (Å²) in [5.41, 5.74) is 0. The maximum absolute atomic E-state index is 12.3. The van der Waals surface area contributed by atoms with Crippen molar-refractivity contribution in [3.05, 3.63) is 0 Å². The summed E-state index contributed by atoms with van der Waals surface area (Å²) in [6.07, 6.45) is 3.69. The van der Waals surface area contributed by atoms with E-state index in [1.807, 2.05) is 0 Å². The van der Waals surface area contributed by atoms with Crippen LogP contribution in [0.4, 0.5) is 4.39 Å². The van der Waals surface area contributed by atoms with Crippen molar-refractivity contribution in [1.82, 2.24) is 4.90 Å². The summed E-state index contributed by atoms with van der Waals surface area (Å²) in [5, 5.41) is 0. The Labute approximate surface area is 81.3 Å². The van der Waals surface area contributed by atoms with Crippen molar-refractivity contribution in [2.24, 2.45) is 5.92 Å². The van der Waals surface area contributed by atoms with Gasteiger partial charge in [-0.1, -0.05) is 20.8 Å². The molecule has 0 bridgehead atoms. The van der Waals surface area contributed by atoms with Crippen molar-refractivity contribution in [2.45, 2.75) is 52.1 Å². The summed E-state index contributed by atoms with van der Waals surface area (Å²) in [5.74, 6) is 0.670. The Kier molecular flexibility index (Phi) is 4.17. The summed E-state index contributed by atoms with van der Waals surface area (Å²) in [7, 11) is 0. The minimum absolute atomic E-state index is 0.195. The van der Waals surface area contributed by atoms with Crippen molar-refractivity contribution in [1.29, 1.82) is 0 Å². The Bertz CT molecular complexity index is 147. The molecular formula is C11H22FN. The van der Waals surface area contributed by atoms with Gasteiger partial charge in [0.25, 0.3) is 0 Å². The van der Waals surface area contributed by atoms with Gasteiger partial charge in [0.15, 0.2) is 0 Å². The highest BCUT2D eigenvalue weighted by atomic mass is 19.1. The van der Waals surface area contributed by atoms with E-state index >= 15 is 0 Å². The maximum Gasteiger partial charge on any atom is 0.102 e. The molecule has 0 N–H and O–H groups in total. The van der Waals surface area contributed by atoms with Crippen LogP contribution in [0.25, 0.3) is 0 Å². The van der Waals surface area contributed by atoms with Gasteiger partial charge in [-0.25, -0.2) is 4.39 Å². The zero-order valence-corrected chi connectivity index (χ0v) is 9.09. The smallest absolute Gasteiger partial charge is 0.102 e. The van der Waals surface area contributed by atoms with Crippen LogP contribution < -0.4 is 0 Å². The van der Waals surface area contributed by atoms with Crippen LogP contribution in [0.2, 0.25) is 0 Å². The first kappa shape index (κ1) is 11.0. The minimum atomic E-state index is -0.195. The van der Waals surface area contributed by atoms with E-state index in [4.69, 9.17) is 0 Å². The summed E-state index contributed by atoms with van der Waals surface area (Å²) < 4.78 is 12.3. The van der Waals surface area contributed by atoms with Crippen molar-refractivity contribution in [3.63, 3.8) is 0 Å². The van der Waals surface area contributed by atoms with Crippen molar-refractivity contribution in [2.75, 3.05) is 13.2 Å². The molecule has 0 radical (unpaired) electrons. The third-order valence-electron chi connectivity index (χ3n) is 3.27. The molecule has 1 rings (SSSR count). The second-order valence-corrected chi connectivity index (χ2v) is 4.38. The first-order valence-electron chi connectivity index (χ1n) is 5.52. The van der Waals surface area contributed by atoms with Gasteiger partial charge in [0.1, 0.15) is 6.67 Å². The lowest BCUT2D eigenvalue weighted by Gasteiger charge is -2.31. The fraction of sp³-hybridized carbons (Fsp3) is 1.00. The summed E-state index contributed by atoms with van der Waals surface area (Å²) in [6, 6.07) is 1.27. The number of rotatable bonds is 4. The summed E-state index contributed by atoms with van der Waals surface area (Å²) >= 11 is 0. The van der Waals surface area contributed by atoms with Crippen LogP contribution in [0, 0.1) is 5.92 Å². The van der Waals surface area contributed by atoms with Crippen LogP contribution in [0.5, 0.6) is 0 Å². The molecule has 0 aliphatic carbocycles. The molecule has 1 heterocycles. The quantitative estimate of drug-likeness (QED) is 0.654. The Morgan fingerprint density at radius 1 is 1.38 bits per heavy atom. The molecule has 1 aliphatic heterocycles. The number of halogens is 1. The lowest BCUT2D eigenvalue weighted by atomic mass is 10.0. The molecule has 2 atom stereocenters. The Morgan fingerprint density at radius 2 is 2.08 bits per heavy atom. The highest BCUT2D eigenvalue weighted by Gasteiger charge is 2.33. The van der Waals surface area contributed by atoms with Gasteiger partial charge >= 0.3 is 0 Å². The average molecular weight is 187 g/mol. The minimum Gasteiger partial charge on any atom is -0.295 e. The summed E-state index contributed by atoms with van der Waals surface area (Å²) in [4.78, 5) is 2.38. The Balaban J connectivity index is 2.55. The van der Waals surface area contributed by atoms with Crippen LogP contribution in [0.15, 0.2) is 0 Å². The molecule has 1 aliphatic rings. The zero-order chi connectivity index (χ0) is 9.84. The van der Waals surface area contributed by atoms with Crippen molar-refractivity contribution < 1.29 is 4.39 Å². The van der Waals surface area contributed by atoms with Crippen LogP contribution in [0.3, 0.4) is 0 Å². The molecule has 0 aromatic heterocycles. The summed E-state index contributed by atoms with van der Waals surface area (Å²) in [6.45, 7) is 7.14. The van der Waals surface area contributed by atoms with Gasteiger partial charge in [0.2, 0.25) is 0 Å². The molecule has 0 amide bonds. The van der Waals surface area contributed by atoms with Gasteiger partial charge in [0.05, 0.1) is 0 Å². The molecule has 0 aromatic carbocycles. The predicted molar refractivity (Wildman–Crippen MR) is 54.6 cm³/mol. The molecule has 1 nitrogen and oxygen atoms in total. The van der Waals surface area contributed by atoms with Gasteiger partial charge in [0, 0.05) is 18.6 Å². The van der Waals surface area contributed by atoms with E-state index in [2.05, 4.69) is 25.7 Å². The number of likely N-dealkylation sites (tertiary alicyclic amines) is 1. The largest absolute Gasteiger partial charge is 0.295 e. The van der Waals surface area contributed by atoms with Crippen LogP contribution in [-0.2, 0) is 0 Å². The van der Waals surface area contributed by atoms with E-state index in [9.17, 15) is 4.39 Å². The lowest BCUT2D eigenvalue weighted by molar-refractivity contribution is 0.144. The third kappa shape index (κ3) is 2.43. The monoisotopic (exact) mass is 187 g/mol. The maximum atomic E-state index is 12.3. The Hall–Kier alpha value is -0.110. The standard InChI is InChI=1S/C11H22FN/c1-4-10-5-6-11(9(2)3)13(10)8-7-12/h9-11H,4-8H2,1-3H3. The molecular weight excluding hydrogens is 165 g/mol.